The molecule has 0 saturated carbocycles. The van der Waals surface area contributed by atoms with E-state index in [1.165, 1.54) is 12.1 Å². The summed E-state index contributed by atoms with van der Waals surface area (Å²) in [5, 5.41) is 1.76. The van der Waals surface area contributed by atoms with Crippen LogP contribution in [0.1, 0.15) is 18.1 Å². The van der Waals surface area contributed by atoms with Gasteiger partial charge in [0.05, 0.1) is 5.69 Å². The summed E-state index contributed by atoms with van der Waals surface area (Å²) < 4.78 is 25.8. The van der Waals surface area contributed by atoms with Gasteiger partial charge in [-0.25, -0.2) is 4.39 Å². The lowest BCUT2D eigenvalue weighted by Gasteiger charge is -2.13. The summed E-state index contributed by atoms with van der Waals surface area (Å²) in [4.78, 5) is 12.1. The number of benzene rings is 2. The Labute approximate surface area is 132 Å². The molecule has 0 aromatic heterocycles. The number of halogens is 1. The molecule has 0 heterocycles. The summed E-state index contributed by atoms with van der Waals surface area (Å²) >= 11 is 0. The highest BCUT2D eigenvalue weighted by Gasteiger charge is 2.21. The number of carbonyl (C=O) groups is 1. The van der Waals surface area contributed by atoms with Gasteiger partial charge in [-0.2, -0.15) is 0 Å². The Morgan fingerprint density at radius 3 is 2.64 bits per heavy atom. The highest BCUT2D eigenvalue weighted by Crippen LogP contribution is 2.15. The zero-order valence-corrected chi connectivity index (χ0v) is 13.3. The number of amides is 1. The summed E-state index contributed by atoms with van der Waals surface area (Å²) in [6, 6.07) is 13.6. The van der Waals surface area contributed by atoms with Crippen LogP contribution in [0.15, 0.2) is 48.5 Å². The van der Waals surface area contributed by atoms with Gasteiger partial charge in [-0.1, -0.05) is 42.0 Å². The number of para-hydroxylation sites is 1. The van der Waals surface area contributed by atoms with Gasteiger partial charge in [0.25, 0.3) is 0 Å². The maximum Gasteiger partial charge on any atom is 0.239 e. The largest absolute Gasteiger partial charge is 0.323 e. The summed E-state index contributed by atoms with van der Waals surface area (Å²) in [7, 11) is -1.37. The Morgan fingerprint density at radius 2 is 1.95 bits per heavy atom. The minimum absolute atomic E-state index is 0.104. The van der Waals surface area contributed by atoms with Crippen molar-refractivity contribution >= 4 is 22.4 Å². The zero-order chi connectivity index (χ0) is 16.1. The molecule has 1 N–H and O–H groups in total. The van der Waals surface area contributed by atoms with Crippen LogP contribution in [-0.4, -0.2) is 15.4 Å². The number of anilines is 1. The van der Waals surface area contributed by atoms with Crippen LogP contribution in [0.3, 0.4) is 0 Å². The van der Waals surface area contributed by atoms with Crippen molar-refractivity contribution in [1.82, 2.24) is 0 Å². The molecule has 2 aromatic rings. The molecule has 1 amide bonds. The molecule has 0 unspecified atom stereocenters. The molecule has 3 nitrogen and oxygen atoms in total. The molecule has 2 aromatic carbocycles. The first-order valence-electron chi connectivity index (χ1n) is 6.95. The molecule has 0 radical (unpaired) electrons. The molecule has 0 spiro atoms. The Morgan fingerprint density at radius 1 is 1.23 bits per heavy atom. The Hall–Kier alpha value is -2.01. The van der Waals surface area contributed by atoms with Crippen molar-refractivity contribution < 1.29 is 13.4 Å². The summed E-state index contributed by atoms with van der Waals surface area (Å²) in [6.07, 6.45) is 0. The Bertz CT molecular complexity index is 703. The second-order valence-electron chi connectivity index (χ2n) is 5.13. The van der Waals surface area contributed by atoms with E-state index < -0.39 is 27.8 Å². The fraction of sp³-hybridized carbons (Fsp3) is 0.235. The third kappa shape index (κ3) is 4.24. The van der Waals surface area contributed by atoms with Crippen molar-refractivity contribution in [3.05, 3.63) is 65.5 Å². The van der Waals surface area contributed by atoms with Gasteiger partial charge in [-0.05, 0) is 31.5 Å². The van der Waals surface area contributed by atoms with E-state index >= 15 is 0 Å². The third-order valence-corrected chi connectivity index (χ3v) is 4.91. The molecule has 2 rings (SSSR count). The van der Waals surface area contributed by atoms with E-state index in [4.69, 9.17) is 0 Å². The van der Waals surface area contributed by atoms with E-state index in [0.717, 1.165) is 11.1 Å². The van der Waals surface area contributed by atoms with Crippen LogP contribution in [0.5, 0.6) is 0 Å². The van der Waals surface area contributed by atoms with Crippen LogP contribution in [0.25, 0.3) is 0 Å². The van der Waals surface area contributed by atoms with Gasteiger partial charge in [0.15, 0.2) is 0 Å². The van der Waals surface area contributed by atoms with Gasteiger partial charge in [0.2, 0.25) is 5.91 Å². The van der Waals surface area contributed by atoms with Crippen molar-refractivity contribution in [2.45, 2.75) is 24.9 Å². The lowest BCUT2D eigenvalue weighted by Crippen LogP contribution is -2.30. The van der Waals surface area contributed by atoms with Crippen molar-refractivity contribution in [2.75, 3.05) is 5.32 Å². The minimum atomic E-state index is -1.37. The molecule has 5 heteroatoms. The smallest absolute Gasteiger partial charge is 0.239 e. The highest BCUT2D eigenvalue weighted by molar-refractivity contribution is 7.85. The van der Waals surface area contributed by atoms with Crippen molar-refractivity contribution in [3.63, 3.8) is 0 Å². The average molecular weight is 319 g/mol. The van der Waals surface area contributed by atoms with Crippen molar-refractivity contribution in [3.8, 4) is 0 Å². The topological polar surface area (TPSA) is 46.2 Å². The fourth-order valence-corrected chi connectivity index (χ4v) is 3.06. The van der Waals surface area contributed by atoms with E-state index in [9.17, 15) is 13.4 Å². The second kappa shape index (κ2) is 7.31. The third-order valence-electron chi connectivity index (χ3n) is 3.29. The quantitative estimate of drug-likeness (QED) is 0.918. The van der Waals surface area contributed by atoms with Crippen LogP contribution in [0.4, 0.5) is 10.1 Å². The number of nitrogens with one attached hydrogen (secondary N) is 1. The van der Waals surface area contributed by atoms with E-state index in [-0.39, 0.29) is 5.69 Å². The highest BCUT2D eigenvalue weighted by atomic mass is 32.2. The van der Waals surface area contributed by atoms with Crippen LogP contribution in [-0.2, 0) is 21.3 Å². The van der Waals surface area contributed by atoms with Crippen LogP contribution < -0.4 is 5.32 Å². The van der Waals surface area contributed by atoms with E-state index in [1.807, 2.05) is 31.2 Å². The monoisotopic (exact) mass is 319 g/mol. The van der Waals surface area contributed by atoms with Gasteiger partial charge in [0, 0.05) is 16.6 Å². The standard InChI is InChI=1S/C17H18FNO2S/c1-12-6-5-7-14(10-12)11-22(21)13(2)17(20)19-16-9-4-3-8-15(16)18/h3-10,13H,11H2,1-2H3,(H,19,20)/t13-,22+/m0/s1. The maximum absolute atomic E-state index is 13.5. The van der Waals surface area contributed by atoms with Gasteiger partial charge in [0.1, 0.15) is 11.1 Å². The average Bonchev–Trinajstić information content (AvgIpc) is 2.48. The van der Waals surface area contributed by atoms with Gasteiger partial charge in [-0.3, -0.25) is 9.00 Å². The molecular weight excluding hydrogens is 301 g/mol. The summed E-state index contributed by atoms with van der Waals surface area (Å²) in [6.45, 7) is 3.54. The number of hydrogen-bond donors (Lipinski definition) is 1. The molecule has 116 valence electrons. The predicted octanol–water partition coefficient (Wildman–Crippen LogP) is 3.41. The first-order valence-corrected chi connectivity index (χ1v) is 8.33. The molecule has 0 aliphatic rings. The molecule has 0 fully saturated rings. The summed E-state index contributed by atoms with van der Waals surface area (Å²) in [5.74, 6) is -0.656. The van der Waals surface area contributed by atoms with Crippen LogP contribution >= 0.6 is 0 Å². The lowest BCUT2D eigenvalue weighted by molar-refractivity contribution is -0.115. The molecule has 22 heavy (non-hydrogen) atoms. The summed E-state index contributed by atoms with van der Waals surface area (Å²) in [5.41, 5.74) is 2.11. The molecule has 0 saturated heterocycles. The maximum atomic E-state index is 13.5. The van der Waals surface area contributed by atoms with Crippen LogP contribution in [0.2, 0.25) is 0 Å². The Kier molecular flexibility index (Phi) is 5.44. The van der Waals surface area contributed by atoms with E-state index in [2.05, 4.69) is 5.32 Å². The van der Waals surface area contributed by atoms with Crippen LogP contribution in [0, 0.1) is 12.7 Å². The minimum Gasteiger partial charge on any atom is -0.323 e. The number of rotatable bonds is 5. The normalized spacial score (nSPS) is 13.4. The van der Waals surface area contributed by atoms with Gasteiger partial charge < -0.3 is 5.32 Å². The molecular formula is C17H18FNO2S. The molecule has 0 bridgehead atoms. The van der Waals surface area contributed by atoms with Gasteiger partial charge >= 0.3 is 0 Å². The van der Waals surface area contributed by atoms with Crippen molar-refractivity contribution in [1.29, 1.82) is 0 Å². The number of carbonyl (C=O) groups excluding carboxylic acids is 1. The molecule has 0 aliphatic carbocycles. The first-order chi connectivity index (χ1) is 10.5. The van der Waals surface area contributed by atoms with E-state index in [1.54, 1.807) is 19.1 Å². The van der Waals surface area contributed by atoms with E-state index in [0.29, 0.717) is 5.75 Å². The second-order valence-corrected chi connectivity index (χ2v) is 6.88. The van der Waals surface area contributed by atoms with Crippen molar-refractivity contribution in [2.24, 2.45) is 0 Å². The lowest BCUT2D eigenvalue weighted by atomic mass is 10.2. The predicted molar refractivity (Wildman–Crippen MR) is 87.5 cm³/mol. The fourth-order valence-electron chi connectivity index (χ4n) is 2.01. The number of aryl methyl sites for hydroxylation is 1. The van der Waals surface area contributed by atoms with Gasteiger partial charge in [-0.15, -0.1) is 0 Å². The number of hydrogen-bond acceptors (Lipinski definition) is 2. The zero-order valence-electron chi connectivity index (χ0n) is 12.5. The first kappa shape index (κ1) is 16.4. The SMILES string of the molecule is Cc1cccc(C[S@@](=O)[C@@H](C)C(=O)Nc2ccccc2F)c1. The Balaban J connectivity index is 2.01. The molecule has 0 aliphatic heterocycles. The molecule has 2 atom stereocenters.